The fourth-order valence-electron chi connectivity index (χ4n) is 2.45. The van der Waals surface area contributed by atoms with Crippen LogP contribution in [-0.2, 0) is 0 Å². The van der Waals surface area contributed by atoms with E-state index in [2.05, 4.69) is 20.9 Å². The number of carbonyl (C=O) groups excluding carboxylic acids is 1. The molecule has 18 heavy (non-hydrogen) atoms. The second-order valence-electron chi connectivity index (χ2n) is 4.49. The molecule has 98 valence electrons. The predicted octanol–water partition coefficient (Wildman–Crippen LogP) is 2.22. The molecule has 1 aromatic rings. The predicted molar refractivity (Wildman–Crippen MR) is 72.3 cm³/mol. The zero-order valence-corrected chi connectivity index (χ0v) is 11.8. The third kappa shape index (κ3) is 2.90. The minimum Gasteiger partial charge on any atom is -0.395 e. The van der Waals surface area contributed by atoms with E-state index in [1.807, 2.05) is 6.07 Å². The Bertz CT molecular complexity index is 419. The Balaban J connectivity index is 2.20. The lowest BCUT2D eigenvalue weighted by Gasteiger charge is -2.28. The summed E-state index contributed by atoms with van der Waals surface area (Å²) in [5.41, 5.74) is 0.429. The molecule has 0 saturated heterocycles. The molecule has 0 atom stereocenters. The Kier molecular flexibility index (Phi) is 4.72. The van der Waals surface area contributed by atoms with Gasteiger partial charge in [0.1, 0.15) is 5.69 Å². The standard InChI is InChI=1S/C13H17BrN2O2/c14-11-6-3-7-15-12(11)13(18)16(8-9-17)10-4-1-2-5-10/h3,6-7,10,17H,1-2,4-5,8-9H2. The number of hydrogen-bond donors (Lipinski definition) is 1. The zero-order valence-electron chi connectivity index (χ0n) is 10.2. The molecule has 0 aliphatic heterocycles. The van der Waals surface area contributed by atoms with E-state index in [-0.39, 0.29) is 18.6 Å². The summed E-state index contributed by atoms with van der Waals surface area (Å²) in [6.45, 7) is 0.374. The third-order valence-corrected chi connectivity index (χ3v) is 3.97. The van der Waals surface area contributed by atoms with Crippen molar-refractivity contribution in [3.05, 3.63) is 28.5 Å². The number of halogens is 1. The molecule has 4 nitrogen and oxygen atoms in total. The molecule has 1 aliphatic carbocycles. The van der Waals surface area contributed by atoms with Crippen LogP contribution in [0.4, 0.5) is 0 Å². The van der Waals surface area contributed by atoms with Gasteiger partial charge in [0.15, 0.2) is 0 Å². The molecule has 1 aromatic heterocycles. The van der Waals surface area contributed by atoms with E-state index in [0.717, 1.165) is 25.7 Å². The summed E-state index contributed by atoms with van der Waals surface area (Å²) in [4.78, 5) is 18.4. The van der Waals surface area contributed by atoms with Crippen LogP contribution < -0.4 is 0 Å². The van der Waals surface area contributed by atoms with E-state index in [0.29, 0.717) is 16.7 Å². The molecule has 0 unspecified atom stereocenters. The average Bonchev–Trinajstić information content (AvgIpc) is 2.89. The maximum absolute atomic E-state index is 12.5. The Morgan fingerprint density at radius 3 is 2.83 bits per heavy atom. The van der Waals surface area contributed by atoms with Crippen LogP contribution in [0, 0.1) is 0 Å². The molecule has 1 N–H and O–H groups in total. The van der Waals surface area contributed by atoms with Crippen LogP contribution in [0.5, 0.6) is 0 Å². The van der Waals surface area contributed by atoms with Gasteiger partial charge in [-0.15, -0.1) is 0 Å². The molecule has 1 aliphatic rings. The monoisotopic (exact) mass is 312 g/mol. The summed E-state index contributed by atoms with van der Waals surface area (Å²) in [6, 6.07) is 3.84. The van der Waals surface area contributed by atoms with E-state index in [1.54, 1.807) is 17.2 Å². The SMILES string of the molecule is O=C(c1ncccc1Br)N(CCO)C1CCCC1. The van der Waals surface area contributed by atoms with E-state index in [9.17, 15) is 4.79 Å². The van der Waals surface area contributed by atoms with Crippen molar-refractivity contribution >= 4 is 21.8 Å². The first kappa shape index (κ1) is 13.5. The maximum atomic E-state index is 12.5. The van der Waals surface area contributed by atoms with E-state index in [4.69, 9.17) is 5.11 Å². The number of pyridine rings is 1. The summed E-state index contributed by atoms with van der Waals surface area (Å²) in [7, 11) is 0. The van der Waals surface area contributed by atoms with Gasteiger partial charge in [0, 0.05) is 23.3 Å². The van der Waals surface area contributed by atoms with Crippen molar-refractivity contribution in [3.63, 3.8) is 0 Å². The van der Waals surface area contributed by atoms with Crippen LogP contribution in [0.3, 0.4) is 0 Å². The van der Waals surface area contributed by atoms with E-state index in [1.165, 1.54) is 0 Å². The molecule has 0 radical (unpaired) electrons. The number of nitrogens with zero attached hydrogens (tertiary/aromatic N) is 2. The molecule has 0 spiro atoms. The van der Waals surface area contributed by atoms with Crippen molar-refractivity contribution in [2.75, 3.05) is 13.2 Å². The van der Waals surface area contributed by atoms with Crippen molar-refractivity contribution in [1.82, 2.24) is 9.88 Å². The molecular formula is C13H17BrN2O2. The summed E-state index contributed by atoms with van der Waals surface area (Å²) >= 11 is 3.35. The number of carbonyl (C=O) groups is 1. The fraction of sp³-hybridized carbons (Fsp3) is 0.538. The van der Waals surface area contributed by atoms with Gasteiger partial charge in [-0.3, -0.25) is 4.79 Å². The topological polar surface area (TPSA) is 53.4 Å². The first-order valence-electron chi connectivity index (χ1n) is 6.26. The lowest BCUT2D eigenvalue weighted by molar-refractivity contribution is 0.0631. The number of aromatic nitrogens is 1. The molecule has 0 bridgehead atoms. The first-order chi connectivity index (χ1) is 8.74. The minimum atomic E-state index is -0.0941. The normalized spacial score (nSPS) is 15.9. The largest absolute Gasteiger partial charge is 0.395 e. The summed E-state index contributed by atoms with van der Waals surface area (Å²) in [5, 5.41) is 9.14. The zero-order chi connectivity index (χ0) is 13.0. The molecular weight excluding hydrogens is 296 g/mol. The highest BCUT2D eigenvalue weighted by atomic mass is 79.9. The van der Waals surface area contributed by atoms with Gasteiger partial charge in [-0.2, -0.15) is 0 Å². The molecule has 1 heterocycles. The van der Waals surface area contributed by atoms with Gasteiger partial charge in [0.05, 0.1) is 6.61 Å². The van der Waals surface area contributed by atoms with Crippen LogP contribution in [0.2, 0.25) is 0 Å². The number of hydrogen-bond acceptors (Lipinski definition) is 3. The van der Waals surface area contributed by atoms with Crippen LogP contribution in [0.15, 0.2) is 22.8 Å². The van der Waals surface area contributed by atoms with Crippen LogP contribution in [0.1, 0.15) is 36.2 Å². The second-order valence-corrected chi connectivity index (χ2v) is 5.35. The number of rotatable bonds is 4. The molecule has 2 rings (SSSR count). The Morgan fingerprint density at radius 1 is 1.50 bits per heavy atom. The molecule has 1 saturated carbocycles. The lowest BCUT2D eigenvalue weighted by atomic mass is 10.2. The molecule has 1 fully saturated rings. The lowest BCUT2D eigenvalue weighted by Crippen LogP contribution is -2.41. The number of aliphatic hydroxyl groups is 1. The van der Waals surface area contributed by atoms with E-state index >= 15 is 0 Å². The average molecular weight is 313 g/mol. The van der Waals surface area contributed by atoms with Gasteiger partial charge in [0.2, 0.25) is 0 Å². The Hall–Kier alpha value is -0.940. The smallest absolute Gasteiger partial charge is 0.273 e. The number of amides is 1. The maximum Gasteiger partial charge on any atom is 0.273 e. The summed E-state index contributed by atoms with van der Waals surface area (Å²) in [5.74, 6) is -0.0941. The van der Waals surface area contributed by atoms with Crippen molar-refractivity contribution in [1.29, 1.82) is 0 Å². The van der Waals surface area contributed by atoms with Gasteiger partial charge < -0.3 is 10.0 Å². The quantitative estimate of drug-likeness (QED) is 0.927. The summed E-state index contributed by atoms with van der Waals surface area (Å²) in [6.07, 6.45) is 5.97. The van der Waals surface area contributed by atoms with Crippen LogP contribution in [0.25, 0.3) is 0 Å². The van der Waals surface area contributed by atoms with E-state index < -0.39 is 0 Å². The second kappa shape index (κ2) is 6.29. The molecule has 0 aromatic carbocycles. The van der Waals surface area contributed by atoms with Gasteiger partial charge in [-0.05, 0) is 40.9 Å². The third-order valence-electron chi connectivity index (χ3n) is 3.33. The molecule has 5 heteroatoms. The Morgan fingerprint density at radius 2 is 2.22 bits per heavy atom. The fourth-order valence-corrected chi connectivity index (χ4v) is 2.88. The van der Waals surface area contributed by atoms with Crippen molar-refractivity contribution < 1.29 is 9.90 Å². The highest BCUT2D eigenvalue weighted by Gasteiger charge is 2.28. The van der Waals surface area contributed by atoms with Crippen LogP contribution in [-0.4, -0.2) is 40.1 Å². The molecule has 1 amide bonds. The first-order valence-corrected chi connectivity index (χ1v) is 7.05. The van der Waals surface area contributed by atoms with Gasteiger partial charge in [0.25, 0.3) is 5.91 Å². The highest BCUT2D eigenvalue weighted by Crippen LogP contribution is 2.25. The number of aliphatic hydroxyl groups excluding tert-OH is 1. The van der Waals surface area contributed by atoms with Gasteiger partial charge in [-0.1, -0.05) is 12.8 Å². The minimum absolute atomic E-state index is 0.00725. The highest BCUT2D eigenvalue weighted by molar-refractivity contribution is 9.10. The van der Waals surface area contributed by atoms with Gasteiger partial charge in [-0.25, -0.2) is 4.98 Å². The van der Waals surface area contributed by atoms with Crippen molar-refractivity contribution in [2.24, 2.45) is 0 Å². The van der Waals surface area contributed by atoms with Gasteiger partial charge >= 0.3 is 0 Å². The summed E-state index contributed by atoms with van der Waals surface area (Å²) < 4.78 is 0.705. The van der Waals surface area contributed by atoms with Crippen LogP contribution >= 0.6 is 15.9 Å². The van der Waals surface area contributed by atoms with Crippen molar-refractivity contribution in [3.8, 4) is 0 Å². The van der Waals surface area contributed by atoms with Crippen molar-refractivity contribution in [2.45, 2.75) is 31.7 Å². The Labute approximate surface area is 115 Å².